The fourth-order valence-corrected chi connectivity index (χ4v) is 4.01. The number of methoxy groups -OCH3 is 1. The first-order valence-electron chi connectivity index (χ1n) is 9.16. The molecule has 0 radical (unpaired) electrons. The molecule has 2 aromatic rings. The van der Waals surface area contributed by atoms with E-state index in [9.17, 15) is 4.39 Å². The van der Waals surface area contributed by atoms with E-state index in [1.54, 1.807) is 19.2 Å². The van der Waals surface area contributed by atoms with E-state index in [-0.39, 0.29) is 5.82 Å². The van der Waals surface area contributed by atoms with E-state index in [4.69, 9.17) is 9.47 Å². The van der Waals surface area contributed by atoms with Gasteiger partial charge in [-0.3, -0.25) is 0 Å². The summed E-state index contributed by atoms with van der Waals surface area (Å²) in [5, 5.41) is 0. The third-order valence-electron chi connectivity index (χ3n) is 5.31. The molecule has 2 aromatic carbocycles. The monoisotopic (exact) mass is 356 g/mol. The molecule has 0 amide bonds. The number of ether oxygens (including phenoxy) is 2. The summed E-state index contributed by atoms with van der Waals surface area (Å²) in [6.45, 7) is 6.37. The van der Waals surface area contributed by atoms with Gasteiger partial charge in [0.25, 0.3) is 0 Å². The molecule has 0 bridgehead atoms. The summed E-state index contributed by atoms with van der Waals surface area (Å²) < 4.78 is 23.7. The SMILES string of the molecule is COc1ccc(N2CC3(CN(CCCOc4ccc(F)cc4)C3)C2)cc1. The molecule has 0 saturated carbocycles. The summed E-state index contributed by atoms with van der Waals surface area (Å²) in [6.07, 6.45) is 0.996. The molecule has 138 valence electrons. The first kappa shape index (κ1) is 17.2. The number of anilines is 1. The molecule has 0 atom stereocenters. The molecule has 5 heteroatoms. The van der Waals surface area contributed by atoms with Gasteiger partial charge in [-0.25, -0.2) is 4.39 Å². The van der Waals surface area contributed by atoms with Gasteiger partial charge >= 0.3 is 0 Å². The van der Waals surface area contributed by atoms with Gasteiger partial charge < -0.3 is 19.3 Å². The van der Waals surface area contributed by atoms with Crippen LogP contribution in [0.25, 0.3) is 0 Å². The number of nitrogens with zero attached hydrogens (tertiary/aromatic N) is 2. The Bertz CT molecular complexity index is 719. The van der Waals surface area contributed by atoms with E-state index >= 15 is 0 Å². The Hall–Kier alpha value is -2.27. The maximum Gasteiger partial charge on any atom is 0.123 e. The third kappa shape index (κ3) is 3.63. The van der Waals surface area contributed by atoms with Crippen LogP contribution >= 0.6 is 0 Å². The molecule has 2 heterocycles. The highest BCUT2D eigenvalue weighted by atomic mass is 19.1. The highest BCUT2D eigenvalue weighted by molar-refractivity contribution is 5.52. The number of hydrogen-bond acceptors (Lipinski definition) is 4. The zero-order valence-corrected chi connectivity index (χ0v) is 15.2. The van der Waals surface area contributed by atoms with E-state index in [1.165, 1.54) is 30.9 Å². The molecular formula is C21H25FN2O2. The van der Waals surface area contributed by atoms with Crippen molar-refractivity contribution >= 4 is 5.69 Å². The minimum Gasteiger partial charge on any atom is -0.497 e. The van der Waals surface area contributed by atoms with Crippen molar-refractivity contribution in [1.82, 2.24) is 4.90 Å². The molecule has 0 unspecified atom stereocenters. The van der Waals surface area contributed by atoms with Crippen LogP contribution < -0.4 is 14.4 Å². The maximum absolute atomic E-state index is 12.8. The van der Waals surface area contributed by atoms with Crippen LogP contribution in [0.4, 0.5) is 10.1 Å². The smallest absolute Gasteiger partial charge is 0.123 e. The van der Waals surface area contributed by atoms with Gasteiger partial charge in [0, 0.05) is 43.8 Å². The van der Waals surface area contributed by atoms with Crippen LogP contribution in [0.3, 0.4) is 0 Å². The minimum absolute atomic E-state index is 0.229. The highest BCUT2D eigenvalue weighted by Crippen LogP contribution is 2.42. The second kappa shape index (κ2) is 7.16. The third-order valence-corrected chi connectivity index (χ3v) is 5.31. The lowest BCUT2D eigenvalue weighted by molar-refractivity contribution is -0.0236. The van der Waals surface area contributed by atoms with Gasteiger partial charge in [-0.05, 0) is 55.0 Å². The van der Waals surface area contributed by atoms with Crippen LogP contribution in [0.1, 0.15) is 6.42 Å². The normalized spacial score (nSPS) is 18.3. The summed E-state index contributed by atoms with van der Waals surface area (Å²) in [6, 6.07) is 14.5. The van der Waals surface area contributed by atoms with E-state index in [0.717, 1.165) is 37.6 Å². The Balaban J connectivity index is 1.13. The number of benzene rings is 2. The Morgan fingerprint density at radius 1 is 0.923 bits per heavy atom. The van der Waals surface area contributed by atoms with E-state index in [1.807, 2.05) is 12.1 Å². The first-order valence-corrected chi connectivity index (χ1v) is 9.16. The summed E-state index contributed by atoms with van der Waals surface area (Å²) in [5.41, 5.74) is 1.76. The Labute approximate surface area is 154 Å². The average molecular weight is 356 g/mol. The molecule has 1 spiro atoms. The molecule has 26 heavy (non-hydrogen) atoms. The van der Waals surface area contributed by atoms with Crippen LogP contribution in [-0.2, 0) is 0 Å². The van der Waals surface area contributed by atoms with E-state index in [0.29, 0.717) is 12.0 Å². The largest absolute Gasteiger partial charge is 0.497 e. The van der Waals surface area contributed by atoms with E-state index < -0.39 is 0 Å². The molecule has 4 rings (SSSR count). The molecule has 2 saturated heterocycles. The zero-order valence-electron chi connectivity index (χ0n) is 15.2. The van der Waals surface area contributed by atoms with Crippen molar-refractivity contribution in [2.24, 2.45) is 5.41 Å². The van der Waals surface area contributed by atoms with Crippen LogP contribution in [0.5, 0.6) is 11.5 Å². The molecule has 2 aliphatic heterocycles. The number of likely N-dealkylation sites (tertiary alicyclic amines) is 1. The summed E-state index contributed by atoms with van der Waals surface area (Å²) >= 11 is 0. The van der Waals surface area contributed by atoms with Crippen LogP contribution in [0, 0.1) is 11.2 Å². The van der Waals surface area contributed by atoms with E-state index in [2.05, 4.69) is 21.9 Å². The Kier molecular flexibility index (Phi) is 4.72. The van der Waals surface area contributed by atoms with Gasteiger partial charge in [-0.2, -0.15) is 0 Å². The quantitative estimate of drug-likeness (QED) is 0.710. The van der Waals surface area contributed by atoms with Crippen molar-refractivity contribution < 1.29 is 13.9 Å². The molecule has 0 N–H and O–H groups in total. The molecule has 2 aliphatic rings. The fraction of sp³-hybridized carbons (Fsp3) is 0.429. The molecular weight excluding hydrogens is 331 g/mol. The lowest BCUT2D eigenvalue weighted by Crippen LogP contribution is -2.72. The predicted molar refractivity (Wildman–Crippen MR) is 101 cm³/mol. The Morgan fingerprint density at radius 2 is 1.58 bits per heavy atom. The van der Waals surface area contributed by atoms with Crippen molar-refractivity contribution in [1.29, 1.82) is 0 Å². The van der Waals surface area contributed by atoms with Crippen molar-refractivity contribution in [2.75, 3.05) is 51.3 Å². The summed E-state index contributed by atoms with van der Waals surface area (Å²) in [4.78, 5) is 4.94. The average Bonchev–Trinajstić information content (AvgIpc) is 2.60. The topological polar surface area (TPSA) is 24.9 Å². The number of rotatable bonds is 7. The lowest BCUT2D eigenvalue weighted by Gasteiger charge is -2.61. The maximum atomic E-state index is 12.8. The molecule has 0 aromatic heterocycles. The lowest BCUT2D eigenvalue weighted by atomic mass is 9.72. The number of halogens is 1. The predicted octanol–water partition coefficient (Wildman–Crippen LogP) is 3.43. The van der Waals surface area contributed by atoms with Gasteiger partial charge in [-0.1, -0.05) is 0 Å². The Morgan fingerprint density at radius 3 is 2.23 bits per heavy atom. The van der Waals surface area contributed by atoms with Crippen LogP contribution in [0.2, 0.25) is 0 Å². The van der Waals surface area contributed by atoms with Crippen LogP contribution in [0.15, 0.2) is 48.5 Å². The summed E-state index contributed by atoms with van der Waals surface area (Å²) in [5.74, 6) is 1.41. The van der Waals surface area contributed by atoms with Gasteiger partial charge in [-0.15, -0.1) is 0 Å². The van der Waals surface area contributed by atoms with Crippen molar-refractivity contribution in [3.8, 4) is 11.5 Å². The highest BCUT2D eigenvalue weighted by Gasteiger charge is 2.51. The van der Waals surface area contributed by atoms with Crippen molar-refractivity contribution in [3.05, 3.63) is 54.3 Å². The zero-order chi connectivity index (χ0) is 18.0. The molecule has 4 nitrogen and oxygen atoms in total. The molecule has 0 aliphatic carbocycles. The van der Waals surface area contributed by atoms with Crippen molar-refractivity contribution in [2.45, 2.75) is 6.42 Å². The van der Waals surface area contributed by atoms with Gasteiger partial charge in [0.1, 0.15) is 17.3 Å². The van der Waals surface area contributed by atoms with Gasteiger partial charge in [0.05, 0.1) is 13.7 Å². The minimum atomic E-state index is -0.229. The number of hydrogen-bond donors (Lipinski definition) is 0. The summed E-state index contributed by atoms with van der Waals surface area (Å²) in [7, 11) is 1.70. The van der Waals surface area contributed by atoms with Gasteiger partial charge in [0.15, 0.2) is 0 Å². The van der Waals surface area contributed by atoms with Gasteiger partial charge in [0.2, 0.25) is 0 Å². The second-order valence-electron chi connectivity index (χ2n) is 7.42. The molecule has 2 fully saturated rings. The fourth-order valence-electron chi connectivity index (χ4n) is 4.01. The van der Waals surface area contributed by atoms with Crippen LogP contribution in [-0.4, -0.2) is 51.3 Å². The first-order chi connectivity index (χ1) is 12.7. The standard InChI is InChI=1S/C21H25FN2O2/c1-25-19-9-5-18(6-10-19)24-15-21(16-24)13-23(14-21)11-2-12-26-20-7-3-17(22)4-8-20/h3-10H,2,11-16H2,1H3. The second-order valence-corrected chi connectivity index (χ2v) is 7.42. The van der Waals surface area contributed by atoms with Crippen molar-refractivity contribution in [3.63, 3.8) is 0 Å².